The van der Waals surface area contributed by atoms with E-state index in [4.69, 9.17) is 16.3 Å². The van der Waals surface area contributed by atoms with E-state index in [0.29, 0.717) is 34.0 Å². The average Bonchev–Trinajstić information content (AvgIpc) is 3.67. The summed E-state index contributed by atoms with van der Waals surface area (Å²) in [6.07, 6.45) is 12.6. The topological polar surface area (TPSA) is 106 Å². The summed E-state index contributed by atoms with van der Waals surface area (Å²) in [5, 5.41) is 5.52. The summed E-state index contributed by atoms with van der Waals surface area (Å²) in [7, 11) is 0. The molecule has 4 heterocycles. The standard InChI is InChI=1S/C30H34ClFN6O2S/c1-2-3-4-5-6-13-40-30(39)22-17-9-11-18(12-10-17)24(22)36-28-23(32)26(20-8-7-14-41-20)37-27(38-28)19-15-33-29-25(19)35-21(31)16-34-29/h7-8,14-18,22,24H,2-6,9-13H2,1H3,(H,33,34)(H,36,37,38)/t17?,18?,22-,24-/m1/s1. The molecule has 2 atom stereocenters. The molecule has 0 saturated heterocycles. The maximum Gasteiger partial charge on any atom is 0.311 e. The number of carbonyl (C=O) groups excluding carboxylic acids is 1. The van der Waals surface area contributed by atoms with Gasteiger partial charge < -0.3 is 15.0 Å². The highest BCUT2D eigenvalue weighted by Crippen LogP contribution is 2.47. The second-order valence-corrected chi connectivity index (χ2v) is 12.4. The van der Waals surface area contributed by atoms with Crippen molar-refractivity contribution in [3.05, 3.63) is 40.9 Å². The first-order valence-corrected chi connectivity index (χ1v) is 15.8. The van der Waals surface area contributed by atoms with Gasteiger partial charge in [-0.05, 0) is 55.4 Å². The lowest BCUT2D eigenvalue weighted by Gasteiger charge is -2.47. The third-order valence-corrected chi connectivity index (χ3v) is 9.54. The number of ether oxygens (including phenoxy) is 1. The first-order chi connectivity index (χ1) is 20.0. The molecule has 3 fully saturated rings. The Balaban J connectivity index is 1.32. The minimum Gasteiger partial charge on any atom is -0.465 e. The van der Waals surface area contributed by atoms with Crippen molar-refractivity contribution in [1.82, 2.24) is 24.9 Å². The van der Waals surface area contributed by atoms with Crippen molar-refractivity contribution in [3.63, 3.8) is 0 Å². The summed E-state index contributed by atoms with van der Waals surface area (Å²) < 4.78 is 22.0. The van der Waals surface area contributed by atoms with E-state index in [-0.39, 0.29) is 46.4 Å². The van der Waals surface area contributed by atoms with Crippen LogP contribution in [0.2, 0.25) is 5.15 Å². The molecular weight excluding hydrogens is 563 g/mol. The molecule has 0 spiro atoms. The Hall–Kier alpha value is -3.11. The number of fused-ring (bicyclic) bond motifs is 4. The van der Waals surface area contributed by atoms with Crippen molar-refractivity contribution in [3.8, 4) is 22.0 Å². The van der Waals surface area contributed by atoms with E-state index in [1.807, 2.05) is 17.5 Å². The lowest BCUT2D eigenvalue weighted by Crippen LogP contribution is -2.52. The quantitative estimate of drug-likeness (QED) is 0.135. The van der Waals surface area contributed by atoms with Gasteiger partial charge in [-0.3, -0.25) is 4.79 Å². The fraction of sp³-hybridized carbons (Fsp3) is 0.500. The molecule has 0 amide bonds. The van der Waals surface area contributed by atoms with Crippen molar-refractivity contribution in [2.24, 2.45) is 17.8 Å². The summed E-state index contributed by atoms with van der Waals surface area (Å²) in [6, 6.07) is 3.43. The highest BCUT2D eigenvalue weighted by atomic mass is 35.5. The van der Waals surface area contributed by atoms with Crippen LogP contribution >= 0.6 is 22.9 Å². The lowest BCUT2D eigenvalue weighted by atomic mass is 9.61. The number of halogens is 2. The van der Waals surface area contributed by atoms with Gasteiger partial charge in [0.05, 0.1) is 29.2 Å². The number of carbonyl (C=O) groups is 1. The Kier molecular flexibility index (Phi) is 8.48. The van der Waals surface area contributed by atoms with Crippen LogP contribution in [0.5, 0.6) is 0 Å². The van der Waals surface area contributed by atoms with Crippen LogP contribution in [0.4, 0.5) is 10.2 Å². The average molecular weight is 597 g/mol. The van der Waals surface area contributed by atoms with Gasteiger partial charge in [0.25, 0.3) is 0 Å². The fourth-order valence-electron chi connectivity index (χ4n) is 6.41. The number of aromatic amines is 1. The Bertz CT molecular complexity index is 1500. The fourth-order valence-corrected chi connectivity index (χ4v) is 7.25. The third-order valence-electron chi connectivity index (χ3n) is 8.49. The highest BCUT2D eigenvalue weighted by Gasteiger charge is 2.48. The van der Waals surface area contributed by atoms with E-state index in [9.17, 15) is 4.79 Å². The molecule has 216 valence electrons. The van der Waals surface area contributed by atoms with Gasteiger partial charge in [-0.25, -0.2) is 24.3 Å². The van der Waals surface area contributed by atoms with Crippen LogP contribution in [0.3, 0.4) is 0 Å². The highest BCUT2D eigenvalue weighted by molar-refractivity contribution is 7.13. The molecule has 3 aliphatic rings. The number of nitrogens with zero attached hydrogens (tertiary/aromatic N) is 4. The lowest BCUT2D eigenvalue weighted by molar-refractivity contribution is -0.155. The van der Waals surface area contributed by atoms with Crippen LogP contribution in [0.15, 0.2) is 29.9 Å². The van der Waals surface area contributed by atoms with Crippen LogP contribution in [0.25, 0.3) is 33.1 Å². The van der Waals surface area contributed by atoms with E-state index in [0.717, 1.165) is 44.9 Å². The van der Waals surface area contributed by atoms with Gasteiger partial charge in [0.15, 0.2) is 23.1 Å². The smallest absolute Gasteiger partial charge is 0.311 e. The number of nitrogens with one attached hydrogen (secondary N) is 2. The van der Waals surface area contributed by atoms with Crippen LogP contribution in [0.1, 0.15) is 64.7 Å². The largest absolute Gasteiger partial charge is 0.465 e. The summed E-state index contributed by atoms with van der Waals surface area (Å²) in [5.74, 6) is -0.212. The first-order valence-electron chi connectivity index (χ1n) is 14.6. The summed E-state index contributed by atoms with van der Waals surface area (Å²) in [6.45, 7) is 2.62. The van der Waals surface area contributed by atoms with Crippen LogP contribution < -0.4 is 5.32 Å². The SMILES string of the molecule is CCCCCCCOC(=O)[C@@H]1C2CCC(CC2)[C@H]1Nc1nc(-c2c[nH]c3ncc(Cl)nc23)nc(-c2cccs2)c1F. The molecule has 0 unspecified atom stereocenters. The summed E-state index contributed by atoms with van der Waals surface area (Å²) in [5.41, 5.74) is 1.81. The molecular formula is C30H34ClFN6O2S. The normalized spacial score (nSPS) is 21.8. The number of H-pyrrole nitrogens is 1. The zero-order valence-electron chi connectivity index (χ0n) is 23.0. The van der Waals surface area contributed by atoms with E-state index in [1.165, 1.54) is 30.4 Å². The Morgan fingerprint density at radius 1 is 1.15 bits per heavy atom. The van der Waals surface area contributed by atoms with E-state index in [1.54, 1.807) is 6.20 Å². The maximum absolute atomic E-state index is 16.2. The molecule has 0 radical (unpaired) electrons. The molecule has 4 aromatic rings. The number of esters is 1. The van der Waals surface area contributed by atoms with E-state index in [2.05, 4.69) is 37.2 Å². The van der Waals surface area contributed by atoms with Crippen molar-refractivity contribution in [2.75, 3.05) is 11.9 Å². The minimum atomic E-state index is -0.537. The van der Waals surface area contributed by atoms with Gasteiger partial charge in [-0.15, -0.1) is 11.3 Å². The van der Waals surface area contributed by atoms with Crippen molar-refractivity contribution in [2.45, 2.75) is 70.8 Å². The molecule has 2 N–H and O–H groups in total. The molecule has 3 aliphatic carbocycles. The Labute approximate surface area is 247 Å². The van der Waals surface area contributed by atoms with E-state index < -0.39 is 5.82 Å². The molecule has 7 rings (SSSR count). The zero-order valence-corrected chi connectivity index (χ0v) is 24.6. The molecule has 8 nitrogen and oxygen atoms in total. The van der Waals surface area contributed by atoms with Crippen LogP contribution in [-0.4, -0.2) is 43.5 Å². The van der Waals surface area contributed by atoms with Crippen LogP contribution in [0, 0.1) is 23.6 Å². The number of hydrogen-bond acceptors (Lipinski definition) is 8. The molecule has 4 aromatic heterocycles. The van der Waals surface area contributed by atoms with Gasteiger partial charge in [0.2, 0.25) is 0 Å². The number of hydrogen-bond donors (Lipinski definition) is 2. The molecule has 11 heteroatoms. The number of aromatic nitrogens is 5. The monoisotopic (exact) mass is 596 g/mol. The molecule has 2 bridgehead atoms. The Morgan fingerprint density at radius 3 is 2.73 bits per heavy atom. The molecule has 0 aliphatic heterocycles. The first kappa shape index (κ1) is 28.0. The summed E-state index contributed by atoms with van der Waals surface area (Å²) in [4.78, 5) is 35.2. The molecule has 41 heavy (non-hydrogen) atoms. The second kappa shape index (κ2) is 12.4. The minimum absolute atomic E-state index is 0.0812. The van der Waals surface area contributed by atoms with Gasteiger partial charge >= 0.3 is 5.97 Å². The second-order valence-electron chi connectivity index (χ2n) is 11.1. The van der Waals surface area contributed by atoms with Gasteiger partial charge in [-0.1, -0.05) is 50.3 Å². The number of unbranched alkanes of at least 4 members (excludes halogenated alkanes) is 4. The predicted octanol–water partition coefficient (Wildman–Crippen LogP) is 7.67. The van der Waals surface area contributed by atoms with Gasteiger partial charge in [-0.2, -0.15) is 0 Å². The van der Waals surface area contributed by atoms with Crippen LogP contribution in [-0.2, 0) is 9.53 Å². The van der Waals surface area contributed by atoms with E-state index >= 15 is 4.39 Å². The van der Waals surface area contributed by atoms with Crippen molar-refractivity contribution in [1.29, 1.82) is 0 Å². The third kappa shape index (κ3) is 5.81. The van der Waals surface area contributed by atoms with Crippen molar-refractivity contribution < 1.29 is 13.9 Å². The number of thiophene rings is 1. The van der Waals surface area contributed by atoms with Crippen molar-refractivity contribution >= 4 is 45.9 Å². The van der Waals surface area contributed by atoms with Gasteiger partial charge in [0, 0.05) is 12.2 Å². The molecule has 0 aromatic carbocycles. The molecule has 3 saturated carbocycles. The number of anilines is 1. The number of rotatable bonds is 11. The Morgan fingerprint density at radius 2 is 1.95 bits per heavy atom. The zero-order chi connectivity index (χ0) is 28.3. The van der Waals surface area contributed by atoms with Gasteiger partial charge in [0.1, 0.15) is 16.4 Å². The maximum atomic E-state index is 16.2. The predicted molar refractivity (Wildman–Crippen MR) is 159 cm³/mol. The summed E-state index contributed by atoms with van der Waals surface area (Å²) >= 11 is 7.54.